The third-order valence-electron chi connectivity index (χ3n) is 2.72. The van der Waals surface area contributed by atoms with Gasteiger partial charge in [-0.3, -0.25) is 9.78 Å². The van der Waals surface area contributed by atoms with Crippen LogP contribution in [0.4, 0.5) is 4.39 Å². The van der Waals surface area contributed by atoms with Crippen molar-refractivity contribution in [3.8, 4) is 0 Å². The summed E-state index contributed by atoms with van der Waals surface area (Å²) in [5.74, 6) is -0.576. The summed E-state index contributed by atoms with van der Waals surface area (Å²) in [5.41, 5.74) is 7.36. The molecule has 2 rings (SSSR count). The van der Waals surface area contributed by atoms with Gasteiger partial charge in [-0.2, -0.15) is 0 Å². The van der Waals surface area contributed by atoms with E-state index >= 15 is 0 Å². The van der Waals surface area contributed by atoms with Crippen LogP contribution in [-0.2, 0) is 13.0 Å². The lowest BCUT2D eigenvalue weighted by molar-refractivity contribution is 0.0992. The average molecular weight is 244 g/mol. The number of hydrogen-bond donors (Lipinski definition) is 1. The van der Waals surface area contributed by atoms with Crippen LogP contribution in [-0.4, -0.2) is 10.8 Å². The Morgan fingerprint density at radius 2 is 1.94 bits per heavy atom. The van der Waals surface area contributed by atoms with Gasteiger partial charge in [0.2, 0.25) is 0 Å². The smallest absolute Gasteiger partial charge is 0.167 e. The molecule has 92 valence electrons. The summed E-state index contributed by atoms with van der Waals surface area (Å²) in [5, 5.41) is 0. The molecule has 1 aromatic carbocycles. The number of nitrogens with zero attached hydrogens (tertiary/aromatic N) is 1. The number of rotatable bonds is 4. The summed E-state index contributed by atoms with van der Waals surface area (Å²) < 4.78 is 13.4. The molecular weight excluding hydrogens is 231 g/mol. The highest BCUT2D eigenvalue weighted by atomic mass is 19.1. The van der Waals surface area contributed by atoms with Crippen LogP contribution >= 0.6 is 0 Å². The zero-order chi connectivity index (χ0) is 13.0. The molecule has 3 nitrogen and oxygen atoms in total. The summed E-state index contributed by atoms with van der Waals surface area (Å²) in [7, 11) is 0. The summed E-state index contributed by atoms with van der Waals surface area (Å²) in [6.45, 7) is 0.438. The van der Waals surface area contributed by atoms with Gasteiger partial charge in [0.15, 0.2) is 5.78 Å². The Kier molecular flexibility index (Phi) is 3.79. The number of halogens is 1. The fraction of sp³-hybridized carbons (Fsp3) is 0.143. The standard InChI is InChI=1S/C14H13FN2O/c15-13-9-17-6-5-12(13)7-14(18)11-3-1-10(8-16)2-4-11/h1-6,9H,7-8,16H2. The van der Waals surface area contributed by atoms with Crippen LogP contribution in [0.15, 0.2) is 42.7 Å². The Labute approximate surface area is 104 Å². The van der Waals surface area contributed by atoms with Crippen LogP contribution in [0.5, 0.6) is 0 Å². The maximum absolute atomic E-state index is 13.4. The van der Waals surface area contributed by atoms with E-state index in [1.54, 1.807) is 24.3 Å². The fourth-order valence-electron chi connectivity index (χ4n) is 1.65. The molecule has 2 aromatic rings. The normalized spacial score (nSPS) is 10.3. The molecule has 0 radical (unpaired) electrons. The second kappa shape index (κ2) is 5.51. The van der Waals surface area contributed by atoms with Crippen molar-refractivity contribution < 1.29 is 9.18 Å². The van der Waals surface area contributed by atoms with E-state index in [1.165, 1.54) is 12.3 Å². The van der Waals surface area contributed by atoms with Gasteiger partial charge in [0.05, 0.1) is 6.20 Å². The van der Waals surface area contributed by atoms with E-state index in [4.69, 9.17) is 5.73 Å². The van der Waals surface area contributed by atoms with Crippen molar-refractivity contribution >= 4 is 5.78 Å². The molecule has 1 aromatic heterocycles. The highest BCUT2D eigenvalue weighted by Gasteiger charge is 2.10. The predicted octanol–water partition coefficient (Wildman–Crippen LogP) is 2.10. The lowest BCUT2D eigenvalue weighted by Crippen LogP contribution is -2.06. The minimum Gasteiger partial charge on any atom is -0.326 e. The minimum absolute atomic E-state index is 0.0380. The van der Waals surface area contributed by atoms with Crippen LogP contribution in [0, 0.1) is 5.82 Å². The van der Waals surface area contributed by atoms with E-state index in [-0.39, 0.29) is 12.2 Å². The van der Waals surface area contributed by atoms with E-state index in [0.717, 1.165) is 11.8 Å². The first-order valence-electron chi connectivity index (χ1n) is 5.61. The second-order valence-corrected chi connectivity index (χ2v) is 3.97. The molecule has 4 heteroatoms. The van der Waals surface area contributed by atoms with Crippen molar-refractivity contribution in [1.29, 1.82) is 0 Å². The summed E-state index contributed by atoms with van der Waals surface area (Å²) >= 11 is 0. The molecule has 0 atom stereocenters. The third kappa shape index (κ3) is 2.78. The Morgan fingerprint density at radius 3 is 2.56 bits per heavy atom. The quantitative estimate of drug-likeness (QED) is 0.838. The van der Waals surface area contributed by atoms with Crippen molar-refractivity contribution in [2.24, 2.45) is 5.73 Å². The number of ketones is 1. The molecule has 1 heterocycles. The average Bonchev–Trinajstić information content (AvgIpc) is 2.41. The third-order valence-corrected chi connectivity index (χ3v) is 2.72. The van der Waals surface area contributed by atoms with E-state index < -0.39 is 5.82 Å². The molecular formula is C14H13FN2O. The maximum Gasteiger partial charge on any atom is 0.167 e. The zero-order valence-corrected chi connectivity index (χ0v) is 9.77. The van der Waals surface area contributed by atoms with Crippen molar-refractivity contribution in [3.05, 3.63) is 65.2 Å². The van der Waals surface area contributed by atoms with Crippen molar-refractivity contribution in [2.75, 3.05) is 0 Å². The number of Topliss-reactive ketones (excluding diaryl/α,β-unsaturated/α-hetero) is 1. The highest BCUT2D eigenvalue weighted by molar-refractivity contribution is 5.97. The van der Waals surface area contributed by atoms with E-state index in [2.05, 4.69) is 4.98 Å². The zero-order valence-electron chi connectivity index (χ0n) is 9.77. The first kappa shape index (κ1) is 12.4. The molecule has 0 unspecified atom stereocenters. The maximum atomic E-state index is 13.4. The SMILES string of the molecule is NCc1ccc(C(=O)Cc2ccncc2F)cc1. The molecule has 0 fully saturated rings. The van der Waals surface area contributed by atoms with Crippen LogP contribution in [0.2, 0.25) is 0 Å². The number of carbonyl (C=O) groups is 1. The van der Waals surface area contributed by atoms with Gasteiger partial charge in [-0.25, -0.2) is 4.39 Å². The highest BCUT2D eigenvalue weighted by Crippen LogP contribution is 2.11. The van der Waals surface area contributed by atoms with Gasteiger partial charge in [-0.05, 0) is 17.2 Å². The number of benzene rings is 1. The minimum atomic E-state index is -0.454. The summed E-state index contributed by atoms with van der Waals surface area (Å²) in [6.07, 6.45) is 2.62. The number of pyridine rings is 1. The van der Waals surface area contributed by atoms with E-state index in [0.29, 0.717) is 17.7 Å². The monoisotopic (exact) mass is 244 g/mol. The van der Waals surface area contributed by atoms with Crippen LogP contribution in [0.1, 0.15) is 21.5 Å². The number of aromatic nitrogens is 1. The molecule has 18 heavy (non-hydrogen) atoms. The van der Waals surface area contributed by atoms with E-state index in [9.17, 15) is 9.18 Å². The Bertz CT molecular complexity index is 552. The fourth-order valence-corrected chi connectivity index (χ4v) is 1.65. The number of nitrogens with two attached hydrogens (primary N) is 1. The molecule has 0 spiro atoms. The number of carbonyl (C=O) groups excluding carboxylic acids is 1. The Morgan fingerprint density at radius 1 is 1.22 bits per heavy atom. The lowest BCUT2D eigenvalue weighted by Gasteiger charge is -2.03. The van der Waals surface area contributed by atoms with Crippen LogP contribution < -0.4 is 5.73 Å². The summed E-state index contributed by atoms with van der Waals surface area (Å²) in [4.78, 5) is 15.6. The van der Waals surface area contributed by atoms with E-state index in [1.807, 2.05) is 0 Å². The Balaban J connectivity index is 2.14. The largest absolute Gasteiger partial charge is 0.326 e. The van der Waals surface area contributed by atoms with Gasteiger partial charge in [0.25, 0.3) is 0 Å². The van der Waals surface area contributed by atoms with Gasteiger partial charge in [0.1, 0.15) is 5.82 Å². The van der Waals surface area contributed by atoms with Gasteiger partial charge >= 0.3 is 0 Å². The van der Waals surface area contributed by atoms with Crippen molar-refractivity contribution in [3.63, 3.8) is 0 Å². The lowest BCUT2D eigenvalue weighted by atomic mass is 10.0. The topological polar surface area (TPSA) is 56.0 Å². The molecule has 0 saturated heterocycles. The van der Waals surface area contributed by atoms with Crippen LogP contribution in [0.25, 0.3) is 0 Å². The van der Waals surface area contributed by atoms with Gasteiger partial charge in [0, 0.05) is 24.7 Å². The first-order valence-corrected chi connectivity index (χ1v) is 5.61. The van der Waals surface area contributed by atoms with Crippen molar-refractivity contribution in [1.82, 2.24) is 4.98 Å². The van der Waals surface area contributed by atoms with Gasteiger partial charge in [-0.15, -0.1) is 0 Å². The molecule has 0 aliphatic rings. The molecule has 0 amide bonds. The number of hydrogen-bond acceptors (Lipinski definition) is 3. The predicted molar refractivity (Wildman–Crippen MR) is 66.6 cm³/mol. The summed E-state index contributed by atoms with van der Waals surface area (Å²) in [6, 6.07) is 8.54. The molecule has 0 saturated carbocycles. The molecule has 2 N–H and O–H groups in total. The first-order chi connectivity index (χ1) is 8.70. The van der Waals surface area contributed by atoms with Crippen molar-refractivity contribution in [2.45, 2.75) is 13.0 Å². The van der Waals surface area contributed by atoms with Gasteiger partial charge < -0.3 is 5.73 Å². The molecule has 0 aliphatic carbocycles. The van der Waals surface area contributed by atoms with Gasteiger partial charge in [-0.1, -0.05) is 24.3 Å². The molecule has 0 bridgehead atoms. The molecule has 0 aliphatic heterocycles. The van der Waals surface area contributed by atoms with Crippen LogP contribution in [0.3, 0.4) is 0 Å². The second-order valence-electron chi connectivity index (χ2n) is 3.97. The Hall–Kier alpha value is -2.07.